The number of nitrogens with one attached hydrogen (secondary N) is 1. The molecule has 0 spiro atoms. The van der Waals surface area contributed by atoms with E-state index in [0.717, 1.165) is 17.9 Å². The Bertz CT molecular complexity index is 318. The van der Waals surface area contributed by atoms with Crippen molar-refractivity contribution in [3.63, 3.8) is 0 Å². The lowest BCUT2D eigenvalue weighted by Crippen LogP contribution is -2.29. The van der Waals surface area contributed by atoms with Crippen molar-refractivity contribution in [2.45, 2.75) is 32.1 Å². The van der Waals surface area contributed by atoms with Crippen LogP contribution in [0.1, 0.15) is 31.2 Å². The zero-order valence-corrected chi connectivity index (χ0v) is 9.71. The zero-order valence-electron chi connectivity index (χ0n) is 9.71. The average molecular weight is 221 g/mol. The first kappa shape index (κ1) is 11.6. The number of hydrogen-bond acceptors (Lipinski definition) is 1. The van der Waals surface area contributed by atoms with E-state index in [1.807, 2.05) is 6.07 Å². The van der Waals surface area contributed by atoms with Gasteiger partial charge in [-0.15, -0.1) is 0 Å². The Morgan fingerprint density at radius 1 is 1.38 bits per heavy atom. The van der Waals surface area contributed by atoms with Gasteiger partial charge in [-0.1, -0.05) is 12.1 Å². The molecule has 0 unspecified atom stereocenters. The standard InChI is InChI=1S/C14H20FN/c15-14-8-2-5-12(10-14)4-1-6-13-7-3-9-16-11-13/h2,5,8,10,13,16H,1,3-4,6-7,9,11H2/t13-/m0/s1. The third-order valence-corrected chi connectivity index (χ3v) is 3.37. The minimum Gasteiger partial charge on any atom is -0.316 e. The molecule has 2 heteroatoms. The topological polar surface area (TPSA) is 12.0 Å². The molecule has 1 aromatic rings. The van der Waals surface area contributed by atoms with Crippen molar-refractivity contribution in [2.24, 2.45) is 5.92 Å². The Kier molecular flexibility index (Phi) is 4.34. The number of halogens is 1. The number of hydrogen-bond donors (Lipinski definition) is 1. The highest BCUT2D eigenvalue weighted by Gasteiger charge is 2.12. The van der Waals surface area contributed by atoms with Gasteiger partial charge < -0.3 is 5.32 Å². The van der Waals surface area contributed by atoms with E-state index in [1.165, 1.54) is 44.8 Å². The molecule has 0 radical (unpaired) electrons. The van der Waals surface area contributed by atoms with Crippen LogP contribution in [0.25, 0.3) is 0 Å². The van der Waals surface area contributed by atoms with E-state index in [1.54, 1.807) is 12.1 Å². The molecular formula is C14H20FN. The lowest BCUT2D eigenvalue weighted by atomic mass is 9.93. The van der Waals surface area contributed by atoms with Gasteiger partial charge >= 0.3 is 0 Å². The monoisotopic (exact) mass is 221 g/mol. The highest BCUT2D eigenvalue weighted by atomic mass is 19.1. The SMILES string of the molecule is Fc1cccc(CCC[C@H]2CCCNC2)c1. The van der Waals surface area contributed by atoms with Crippen LogP contribution in [0.2, 0.25) is 0 Å². The molecule has 1 fully saturated rings. The number of piperidine rings is 1. The summed E-state index contributed by atoms with van der Waals surface area (Å²) < 4.78 is 12.9. The Morgan fingerprint density at radius 2 is 2.31 bits per heavy atom. The van der Waals surface area contributed by atoms with Crippen molar-refractivity contribution >= 4 is 0 Å². The number of benzene rings is 1. The van der Waals surface area contributed by atoms with E-state index < -0.39 is 0 Å². The Balaban J connectivity index is 1.71. The van der Waals surface area contributed by atoms with Crippen molar-refractivity contribution in [1.29, 1.82) is 0 Å². The van der Waals surface area contributed by atoms with E-state index >= 15 is 0 Å². The fourth-order valence-electron chi connectivity index (χ4n) is 2.46. The van der Waals surface area contributed by atoms with E-state index in [4.69, 9.17) is 0 Å². The van der Waals surface area contributed by atoms with Gasteiger partial charge in [-0.3, -0.25) is 0 Å². The normalized spacial score (nSPS) is 20.9. The van der Waals surface area contributed by atoms with Crippen LogP contribution in [0.3, 0.4) is 0 Å². The van der Waals surface area contributed by atoms with Gasteiger partial charge in [-0.25, -0.2) is 4.39 Å². The molecule has 1 atom stereocenters. The zero-order chi connectivity index (χ0) is 11.2. The fraction of sp³-hybridized carbons (Fsp3) is 0.571. The van der Waals surface area contributed by atoms with Crippen molar-refractivity contribution in [3.8, 4) is 0 Å². The molecule has 0 aliphatic carbocycles. The van der Waals surface area contributed by atoms with Gasteiger partial charge in [0.25, 0.3) is 0 Å². The smallest absolute Gasteiger partial charge is 0.123 e. The molecule has 1 heterocycles. The molecule has 0 bridgehead atoms. The molecule has 1 aliphatic heterocycles. The van der Waals surface area contributed by atoms with Gasteiger partial charge in [0.2, 0.25) is 0 Å². The second-order valence-corrected chi connectivity index (χ2v) is 4.73. The molecule has 1 aliphatic rings. The summed E-state index contributed by atoms with van der Waals surface area (Å²) in [6.07, 6.45) is 6.12. The first-order valence-corrected chi connectivity index (χ1v) is 6.30. The van der Waals surface area contributed by atoms with E-state index in [9.17, 15) is 4.39 Å². The summed E-state index contributed by atoms with van der Waals surface area (Å²) >= 11 is 0. The lowest BCUT2D eigenvalue weighted by molar-refractivity contribution is 0.351. The second kappa shape index (κ2) is 6.00. The Morgan fingerprint density at radius 3 is 3.06 bits per heavy atom. The molecule has 1 aromatic carbocycles. The van der Waals surface area contributed by atoms with E-state index in [0.29, 0.717) is 0 Å². The van der Waals surface area contributed by atoms with Crippen LogP contribution >= 0.6 is 0 Å². The maximum Gasteiger partial charge on any atom is 0.123 e. The first-order valence-electron chi connectivity index (χ1n) is 6.30. The average Bonchev–Trinajstić information content (AvgIpc) is 2.30. The highest BCUT2D eigenvalue weighted by Crippen LogP contribution is 2.17. The van der Waals surface area contributed by atoms with Crippen LogP contribution in [0, 0.1) is 11.7 Å². The molecule has 88 valence electrons. The van der Waals surface area contributed by atoms with Crippen LogP contribution in [-0.2, 0) is 6.42 Å². The second-order valence-electron chi connectivity index (χ2n) is 4.73. The van der Waals surface area contributed by atoms with Crippen molar-refractivity contribution < 1.29 is 4.39 Å². The van der Waals surface area contributed by atoms with E-state index in [2.05, 4.69) is 5.32 Å². The molecule has 1 N–H and O–H groups in total. The van der Waals surface area contributed by atoms with Gasteiger partial charge in [0, 0.05) is 0 Å². The summed E-state index contributed by atoms with van der Waals surface area (Å²) in [5.41, 5.74) is 1.13. The largest absolute Gasteiger partial charge is 0.316 e. The van der Waals surface area contributed by atoms with Crippen LogP contribution in [0.5, 0.6) is 0 Å². The maximum atomic E-state index is 12.9. The van der Waals surface area contributed by atoms with Crippen LogP contribution in [0.15, 0.2) is 24.3 Å². The predicted molar refractivity (Wildman–Crippen MR) is 64.9 cm³/mol. The van der Waals surface area contributed by atoms with Gasteiger partial charge in [0.1, 0.15) is 5.82 Å². The first-order chi connectivity index (χ1) is 7.84. The Labute approximate surface area is 97.1 Å². The van der Waals surface area contributed by atoms with Crippen molar-refractivity contribution in [2.75, 3.05) is 13.1 Å². The number of aryl methyl sites for hydroxylation is 1. The molecule has 0 saturated carbocycles. The van der Waals surface area contributed by atoms with Crippen LogP contribution in [-0.4, -0.2) is 13.1 Å². The summed E-state index contributed by atoms with van der Waals surface area (Å²) in [7, 11) is 0. The van der Waals surface area contributed by atoms with Crippen LogP contribution in [0.4, 0.5) is 4.39 Å². The van der Waals surface area contributed by atoms with Gasteiger partial charge in [-0.2, -0.15) is 0 Å². The molecule has 1 saturated heterocycles. The quantitative estimate of drug-likeness (QED) is 0.823. The predicted octanol–water partition coefficient (Wildman–Crippen LogP) is 3.15. The summed E-state index contributed by atoms with van der Waals surface area (Å²) in [6, 6.07) is 6.97. The number of rotatable bonds is 4. The molecule has 2 rings (SSSR count). The molecule has 0 amide bonds. The minimum absolute atomic E-state index is 0.114. The van der Waals surface area contributed by atoms with Gasteiger partial charge in [0.15, 0.2) is 0 Å². The molecular weight excluding hydrogens is 201 g/mol. The molecule has 1 nitrogen and oxygen atoms in total. The highest BCUT2D eigenvalue weighted by molar-refractivity contribution is 5.16. The summed E-state index contributed by atoms with van der Waals surface area (Å²) in [5, 5.41) is 3.43. The summed E-state index contributed by atoms with van der Waals surface area (Å²) in [4.78, 5) is 0. The Hall–Kier alpha value is -0.890. The molecule has 16 heavy (non-hydrogen) atoms. The fourth-order valence-corrected chi connectivity index (χ4v) is 2.46. The van der Waals surface area contributed by atoms with Crippen LogP contribution < -0.4 is 5.32 Å². The third kappa shape index (κ3) is 3.60. The lowest BCUT2D eigenvalue weighted by Gasteiger charge is -2.22. The van der Waals surface area contributed by atoms with Gasteiger partial charge in [0.05, 0.1) is 0 Å². The molecule has 0 aromatic heterocycles. The van der Waals surface area contributed by atoms with Crippen molar-refractivity contribution in [3.05, 3.63) is 35.6 Å². The third-order valence-electron chi connectivity index (χ3n) is 3.37. The van der Waals surface area contributed by atoms with Crippen molar-refractivity contribution in [1.82, 2.24) is 5.32 Å². The summed E-state index contributed by atoms with van der Waals surface area (Å²) in [6.45, 7) is 2.35. The minimum atomic E-state index is -0.114. The van der Waals surface area contributed by atoms with E-state index in [-0.39, 0.29) is 5.82 Å². The van der Waals surface area contributed by atoms with Gasteiger partial charge in [-0.05, 0) is 68.8 Å². The summed E-state index contributed by atoms with van der Waals surface area (Å²) in [5.74, 6) is 0.721. The maximum absolute atomic E-state index is 12.9.